The number of sulfonamides is 1. The van der Waals surface area contributed by atoms with Gasteiger partial charge < -0.3 is 4.74 Å². The number of esters is 1. The van der Waals surface area contributed by atoms with Gasteiger partial charge in [0.2, 0.25) is 15.8 Å². The SMILES string of the molecule is O=C(CC1c2ccccc2CCN1S(=O)(=O)c1ccccc1)OC(C(=O)c1ccccc1)c1ccccc1. The molecular weight excluding hydrogens is 498 g/mol. The molecule has 0 aromatic heterocycles. The van der Waals surface area contributed by atoms with Crippen LogP contribution in [0.25, 0.3) is 0 Å². The van der Waals surface area contributed by atoms with E-state index in [9.17, 15) is 18.0 Å². The molecule has 0 fully saturated rings. The van der Waals surface area contributed by atoms with Gasteiger partial charge in [-0.3, -0.25) is 9.59 Å². The minimum atomic E-state index is -3.88. The summed E-state index contributed by atoms with van der Waals surface area (Å²) in [5.74, 6) is -0.999. The number of ketones is 1. The quantitative estimate of drug-likeness (QED) is 0.223. The van der Waals surface area contributed by atoms with Crippen LogP contribution in [0.4, 0.5) is 0 Å². The Labute approximate surface area is 222 Å². The molecule has 0 N–H and O–H groups in total. The molecule has 0 amide bonds. The third-order valence-corrected chi connectivity index (χ3v) is 8.64. The molecule has 5 rings (SSSR count). The molecule has 0 bridgehead atoms. The highest BCUT2D eigenvalue weighted by Crippen LogP contribution is 2.37. The minimum absolute atomic E-state index is 0.166. The Morgan fingerprint density at radius 2 is 1.37 bits per heavy atom. The largest absolute Gasteiger partial charge is 0.449 e. The standard InChI is InChI=1S/C31H27NO5S/c33-29(37-31(25-15-6-2-7-16-25)30(34)24-13-4-1-5-14-24)22-28-27-19-11-10-12-23(27)20-21-32(28)38(35,36)26-17-8-3-9-18-26/h1-19,28,31H,20-22H2. The summed E-state index contributed by atoms with van der Waals surface area (Å²) in [4.78, 5) is 27.0. The molecule has 1 heterocycles. The van der Waals surface area contributed by atoms with Crippen molar-refractivity contribution >= 4 is 21.8 Å². The average Bonchev–Trinajstić information content (AvgIpc) is 2.97. The number of nitrogens with zero attached hydrogens (tertiary/aromatic N) is 1. The monoisotopic (exact) mass is 525 g/mol. The Morgan fingerprint density at radius 3 is 2.05 bits per heavy atom. The number of carbonyl (C=O) groups excluding carboxylic acids is 2. The molecule has 192 valence electrons. The summed E-state index contributed by atoms with van der Waals surface area (Å²) in [5, 5.41) is 0. The summed E-state index contributed by atoms with van der Waals surface area (Å²) in [6, 6.07) is 32.5. The first-order valence-electron chi connectivity index (χ1n) is 12.4. The van der Waals surface area contributed by atoms with Crippen molar-refractivity contribution in [2.75, 3.05) is 6.54 Å². The molecule has 0 radical (unpaired) electrons. The molecule has 1 aliphatic rings. The van der Waals surface area contributed by atoms with Gasteiger partial charge in [0, 0.05) is 17.7 Å². The van der Waals surface area contributed by atoms with Crippen molar-refractivity contribution in [1.29, 1.82) is 0 Å². The molecule has 38 heavy (non-hydrogen) atoms. The van der Waals surface area contributed by atoms with Crippen molar-refractivity contribution < 1.29 is 22.7 Å². The third kappa shape index (κ3) is 5.30. The van der Waals surface area contributed by atoms with Crippen LogP contribution in [0.1, 0.15) is 45.6 Å². The van der Waals surface area contributed by atoms with Crippen molar-refractivity contribution in [2.45, 2.75) is 29.9 Å². The van der Waals surface area contributed by atoms with Gasteiger partial charge in [0.1, 0.15) is 0 Å². The van der Waals surface area contributed by atoms with E-state index in [2.05, 4.69) is 0 Å². The van der Waals surface area contributed by atoms with Gasteiger partial charge in [-0.05, 0) is 29.7 Å². The van der Waals surface area contributed by atoms with Gasteiger partial charge in [0.15, 0.2) is 6.10 Å². The summed E-state index contributed by atoms with van der Waals surface area (Å²) >= 11 is 0. The number of rotatable bonds is 8. The predicted octanol–water partition coefficient (Wildman–Crippen LogP) is 5.53. The summed E-state index contributed by atoms with van der Waals surface area (Å²) in [5.41, 5.74) is 2.73. The van der Waals surface area contributed by atoms with E-state index in [1.54, 1.807) is 78.9 Å². The van der Waals surface area contributed by atoms with Crippen LogP contribution in [0, 0.1) is 0 Å². The highest BCUT2D eigenvalue weighted by Gasteiger charge is 2.38. The molecule has 7 heteroatoms. The summed E-state index contributed by atoms with van der Waals surface area (Å²) in [7, 11) is -3.88. The van der Waals surface area contributed by atoms with Crippen molar-refractivity contribution in [3.63, 3.8) is 0 Å². The normalized spacial score (nSPS) is 16.3. The topological polar surface area (TPSA) is 80.8 Å². The van der Waals surface area contributed by atoms with E-state index in [0.717, 1.165) is 11.1 Å². The minimum Gasteiger partial charge on any atom is -0.449 e. The van der Waals surface area contributed by atoms with Gasteiger partial charge in [0.05, 0.1) is 17.4 Å². The van der Waals surface area contributed by atoms with Crippen LogP contribution >= 0.6 is 0 Å². The molecule has 0 spiro atoms. The second kappa shape index (κ2) is 11.1. The fraction of sp³-hybridized carbons (Fsp3) is 0.161. The fourth-order valence-corrected chi connectivity index (χ4v) is 6.47. The molecule has 4 aromatic rings. The van der Waals surface area contributed by atoms with Crippen molar-refractivity contribution in [1.82, 2.24) is 4.31 Å². The number of ether oxygens (including phenoxy) is 1. The van der Waals surface area contributed by atoms with Crippen LogP contribution in [-0.2, 0) is 26.0 Å². The lowest BCUT2D eigenvalue weighted by molar-refractivity contribution is -0.148. The van der Waals surface area contributed by atoms with E-state index in [1.807, 2.05) is 36.4 Å². The van der Waals surface area contributed by atoms with Gasteiger partial charge in [-0.25, -0.2) is 8.42 Å². The van der Waals surface area contributed by atoms with E-state index in [1.165, 1.54) is 4.31 Å². The number of fused-ring (bicyclic) bond motifs is 1. The zero-order chi connectivity index (χ0) is 26.5. The van der Waals surface area contributed by atoms with E-state index >= 15 is 0 Å². The first kappa shape index (κ1) is 25.6. The second-order valence-corrected chi connectivity index (χ2v) is 11.0. The average molecular weight is 526 g/mol. The maximum absolute atomic E-state index is 13.6. The number of hydrogen-bond acceptors (Lipinski definition) is 5. The van der Waals surface area contributed by atoms with Crippen LogP contribution in [0.2, 0.25) is 0 Å². The molecule has 4 aromatic carbocycles. The van der Waals surface area contributed by atoms with Crippen LogP contribution in [0.15, 0.2) is 120 Å². The highest BCUT2D eigenvalue weighted by molar-refractivity contribution is 7.89. The summed E-state index contributed by atoms with van der Waals surface area (Å²) in [6.45, 7) is 0.233. The molecule has 0 aliphatic carbocycles. The maximum Gasteiger partial charge on any atom is 0.308 e. The van der Waals surface area contributed by atoms with E-state index in [4.69, 9.17) is 4.74 Å². The lowest BCUT2D eigenvalue weighted by atomic mass is 9.92. The highest BCUT2D eigenvalue weighted by atomic mass is 32.2. The molecule has 0 saturated carbocycles. The van der Waals surface area contributed by atoms with Gasteiger partial charge >= 0.3 is 5.97 Å². The number of hydrogen-bond donors (Lipinski definition) is 0. The molecule has 1 aliphatic heterocycles. The summed E-state index contributed by atoms with van der Waals surface area (Å²) in [6.07, 6.45) is -0.842. The van der Waals surface area contributed by atoms with Crippen molar-refractivity contribution in [2.24, 2.45) is 0 Å². The smallest absolute Gasteiger partial charge is 0.308 e. The Morgan fingerprint density at radius 1 is 0.789 bits per heavy atom. The van der Waals surface area contributed by atoms with Crippen molar-refractivity contribution in [3.8, 4) is 0 Å². The summed E-state index contributed by atoms with van der Waals surface area (Å²) < 4.78 is 34.5. The van der Waals surface area contributed by atoms with Gasteiger partial charge in [-0.1, -0.05) is 103 Å². The van der Waals surface area contributed by atoms with Gasteiger partial charge in [-0.15, -0.1) is 0 Å². The first-order valence-corrected chi connectivity index (χ1v) is 13.9. The Hall–Kier alpha value is -4.07. The van der Waals surface area contributed by atoms with Crippen LogP contribution in [-0.4, -0.2) is 31.0 Å². The van der Waals surface area contributed by atoms with E-state index in [-0.39, 0.29) is 23.6 Å². The molecule has 2 atom stereocenters. The van der Waals surface area contributed by atoms with Gasteiger partial charge in [0.25, 0.3) is 0 Å². The predicted molar refractivity (Wildman–Crippen MR) is 144 cm³/mol. The molecule has 2 unspecified atom stereocenters. The molecule has 0 saturated heterocycles. The van der Waals surface area contributed by atoms with Gasteiger partial charge in [-0.2, -0.15) is 4.31 Å². The molecular formula is C31H27NO5S. The Kier molecular flexibility index (Phi) is 7.49. The van der Waals surface area contributed by atoms with E-state index in [0.29, 0.717) is 17.5 Å². The lowest BCUT2D eigenvalue weighted by Crippen LogP contribution is -2.41. The Bertz CT molecular complexity index is 1520. The fourth-order valence-electron chi connectivity index (χ4n) is 4.85. The number of benzene rings is 4. The van der Waals surface area contributed by atoms with Crippen molar-refractivity contribution in [3.05, 3.63) is 138 Å². The maximum atomic E-state index is 13.6. The Balaban J connectivity index is 1.46. The number of carbonyl (C=O) groups is 2. The lowest BCUT2D eigenvalue weighted by Gasteiger charge is -2.36. The number of Topliss-reactive ketones (excluding diaryl/α,β-unsaturated/α-hetero) is 1. The molecule has 6 nitrogen and oxygen atoms in total. The zero-order valence-corrected chi connectivity index (χ0v) is 21.5. The van der Waals surface area contributed by atoms with Crippen LogP contribution in [0.3, 0.4) is 0 Å². The second-order valence-electron chi connectivity index (χ2n) is 9.11. The van der Waals surface area contributed by atoms with Crippen LogP contribution < -0.4 is 0 Å². The van der Waals surface area contributed by atoms with Crippen LogP contribution in [0.5, 0.6) is 0 Å². The van der Waals surface area contributed by atoms with E-state index < -0.39 is 28.1 Å². The first-order chi connectivity index (χ1) is 18.4. The third-order valence-electron chi connectivity index (χ3n) is 6.72. The zero-order valence-electron chi connectivity index (χ0n) is 20.6.